The summed E-state index contributed by atoms with van der Waals surface area (Å²) in [5.41, 5.74) is 17.7. The number of anilines is 3. The smallest absolute Gasteiger partial charge is 0.133 e. The van der Waals surface area contributed by atoms with Crippen LogP contribution in [0.15, 0.2) is 127 Å². The van der Waals surface area contributed by atoms with Gasteiger partial charge in [0, 0.05) is 39.4 Å². The SMILES string of the molecule is CC1(C)CCC(C)(C)c2c(N(c3ccc4c(c3)Oc3cccc(-c5ccccc5)c3C43C4CC5CC(C4)CC3C5)c3ccc4c(c3)C(C)(C)c3ccccc3-4)cccc21. The average molecular weight is 772 g/mol. The fourth-order valence-corrected chi connectivity index (χ4v) is 14.2. The molecule has 13 rings (SSSR count). The lowest BCUT2D eigenvalue weighted by Gasteiger charge is -2.63. The van der Waals surface area contributed by atoms with Gasteiger partial charge in [-0.15, -0.1) is 0 Å². The third kappa shape index (κ3) is 4.92. The van der Waals surface area contributed by atoms with Crippen molar-refractivity contribution >= 4 is 17.1 Å². The Morgan fingerprint density at radius 3 is 1.88 bits per heavy atom. The summed E-state index contributed by atoms with van der Waals surface area (Å²) < 4.78 is 7.34. The molecule has 6 aliphatic carbocycles. The van der Waals surface area contributed by atoms with Gasteiger partial charge >= 0.3 is 0 Å². The van der Waals surface area contributed by atoms with Gasteiger partial charge in [0.2, 0.25) is 0 Å². The minimum absolute atomic E-state index is 0.0217. The molecule has 0 atom stereocenters. The second-order valence-corrected chi connectivity index (χ2v) is 21.2. The third-order valence-electron chi connectivity index (χ3n) is 16.7. The summed E-state index contributed by atoms with van der Waals surface area (Å²) in [6, 6.07) is 48.9. The second kappa shape index (κ2) is 12.2. The Bertz CT molecular complexity index is 2670. The molecular formula is C57H57NO. The first-order valence-electron chi connectivity index (χ1n) is 22.6. The van der Waals surface area contributed by atoms with E-state index in [1.807, 2.05) is 0 Å². The molecule has 0 saturated heterocycles. The van der Waals surface area contributed by atoms with Crippen molar-refractivity contribution in [2.24, 2.45) is 23.7 Å². The van der Waals surface area contributed by atoms with Gasteiger partial charge in [0.05, 0.1) is 5.69 Å². The maximum atomic E-state index is 7.34. The Labute approximate surface area is 351 Å². The predicted molar refractivity (Wildman–Crippen MR) is 244 cm³/mol. The molecule has 1 aliphatic heterocycles. The fourth-order valence-electron chi connectivity index (χ4n) is 14.2. The zero-order valence-corrected chi connectivity index (χ0v) is 35.7. The van der Waals surface area contributed by atoms with Crippen LogP contribution in [0.1, 0.15) is 120 Å². The monoisotopic (exact) mass is 771 g/mol. The number of hydrogen-bond acceptors (Lipinski definition) is 2. The van der Waals surface area contributed by atoms with Crippen LogP contribution in [0.25, 0.3) is 22.3 Å². The molecule has 2 heteroatoms. The fraction of sp³-hybridized carbons (Fsp3) is 0.368. The van der Waals surface area contributed by atoms with E-state index in [1.54, 1.807) is 0 Å². The van der Waals surface area contributed by atoms with Gasteiger partial charge in [-0.1, -0.05) is 133 Å². The van der Waals surface area contributed by atoms with Crippen molar-refractivity contribution in [2.45, 2.75) is 108 Å². The van der Waals surface area contributed by atoms with E-state index in [0.29, 0.717) is 11.8 Å². The molecule has 1 heterocycles. The van der Waals surface area contributed by atoms with Gasteiger partial charge in [-0.3, -0.25) is 0 Å². The number of nitrogens with zero attached hydrogens (tertiary/aromatic N) is 1. The third-order valence-corrected chi connectivity index (χ3v) is 16.7. The van der Waals surface area contributed by atoms with Gasteiger partial charge in [0.15, 0.2) is 0 Å². The second-order valence-electron chi connectivity index (χ2n) is 21.2. The first kappa shape index (κ1) is 35.8. The number of hydrogen-bond donors (Lipinski definition) is 0. The molecule has 7 aliphatic rings. The summed E-state index contributed by atoms with van der Waals surface area (Å²) >= 11 is 0. The highest BCUT2D eigenvalue weighted by molar-refractivity contribution is 5.88. The van der Waals surface area contributed by atoms with E-state index in [4.69, 9.17) is 4.74 Å². The van der Waals surface area contributed by atoms with Crippen LogP contribution in [0.4, 0.5) is 17.1 Å². The van der Waals surface area contributed by atoms with Crippen molar-refractivity contribution in [1.29, 1.82) is 0 Å². The Hall–Kier alpha value is -5.08. The highest BCUT2D eigenvalue weighted by atomic mass is 16.5. The normalized spacial score (nSPS) is 26.6. The number of rotatable bonds is 4. The molecule has 0 amide bonds. The van der Waals surface area contributed by atoms with E-state index < -0.39 is 0 Å². The minimum Gasteiger partial charge on any atom is -0.457 e. The number of fused-ring (bicyclic) bond motifs is 6. The van der Waals surface area contributed by atoms with Crippen molar-refractivity contribution in [3.8, 4) is 33.8 Å². The molecule has 0 unspecified atom stereocenters. The summed E-state index contributed by atoms with van der Waals surface area (Å²) in [5, 5.41) is 0. The van der Waals surface area contributed by atoms with E-state index in [2.05, 4.69) is 174 Å². The molecular weight excluding hydrogens is 715 g/mol. The van der Waals surface area contributed by atoms with E-state index in [-0.39, 0.29) is 21.7 Å². The molecule has 296 valence electrons. The van der Waals surface area contributed by atoms with Gasteiger partial charge in [0.1, 0.15) is 11.5 Å². The van der Waals surface area contributed by atoms with Crippen LogP contribution in [0, 0.1) is 23.7 Å². The highest BCUT2D eigenvalue weighted by Gasteiger charge is 2.62. The van der Waals surface area contributed by atoms with Gasteiger partial charge in [-0.25, -0.2) is 0 Å². The summed E-state index contributed by atoms with van der Waals surface area (Å²) in [6.45, 7) is 14.6. The van der Waals surface area contributed by atoms with E-state index in [1.165, 1.54) is 111 Å². The van der Waals surface area contributed by atoms with Crippen LogP contribution in [0.2, 0.25) is 0 Å². The van der Waals surface area contributed by atoms with Crippen molar-refractivity contribution in [2.75, 3.05) is 4.90 Å². The standard InChI is InChI=1S/C57H57NO/c1-54(2)26-27-55(3,4)53-47(54)19-13-20-49(53)58(40-22-24-44-43-16-10-11-18-45(43)56(5,6)48(44)33-40)41-23-25-46-51(34-41)59-50-21-12-17-42(37-14-8-7-9-15-37)52(50)57(46)38-29-35-28-36(31-38)32-39(57)30-35/h7-25,33-36,38-39H,26-32H2,1-6H3. The van der Waals surface area contributed by atoms with Crippen molar-refractivity contribution in [1.82, 2.24) is 0 Å². The molecule has 0 N–H and O–H groups in total. The lowest BCUT2D eigenvalue weighted by Crippen LogP contribution is -2.57. The zero-order chi connectivity index (χ0) is 40.1. The molecule has 1 spiro atoms. The van der Waals surface area contributed by atoms with E-state index in [0.717, 1.165) is 29.8 Å². The Balaban J connectivity index is 1.09. The predicted octanol–water partition coefficient (Wildman–Crippen LogP) is 15.3. The molecule has 4 fully saturated rings. The maximum Gasteiger partial charge on any atom is 0.133 e. The largest absolute Gasteiger partial charge is 0.457 e. The van der Waals surface area contributed by atoms with Crippen LogP contribution < -0.4 is 9.64 Å². The molecule has 0 radical (unpaired) electrons. The quantitative estimate of drug-likeness (QED) is 0.177. The Morgan fingerprint density at radius 2 is 1.10 bits per heavy atom. The Morgan fingerprint density at radius 1 is 0.475 bits per heavy atom. The zero-order valence-electron chi connectivity index (χ0n) is 35.7. The lowest BCUT2D eigenvalue weighted by molar-refractivity contribution is -0.0449. The molecule has 4 bridgehead atoms. The van der Waals surface area contributed by atoms with Crippen LogP contribution in [-0.4, -0.2) is 0 Å². The number of ether oxygens (including phenoxy) is 1. The maximum absolute atomic E-state index is 7.34. The van der Waals surface area contributed by atoms with Gasteiger partial charge in [-0.05, 0) is 154 Å². The number of benzene rings is 6. The van der Waals surface area contributed by atoms with Gasteiger partial charge in [0.25, 0.3) is 0 Å². The molecule has 6 aromatic rings. The van der Waals surface area contributed by atoms with Crippen LogP contribution in [0.3, 0.4) is 0 Å². The molecule has 6 aromatic carbocycles. The van der Waals surface area contributed by atoms with Crippen molar-refractivity contribution in [3.05, 3.63) is 161 Å². The van der Waals surface area contributed by atoms with Crippen LogP contribution >= 0.6 is 0 Å². The van der Waals surface area contributed by atoms with Crippen LogP contribution in [0.5, 0.6) is 11.5 Å². The minimum atomic E-state index is -0.101. The van der Waals surface area contributed by atoms with Gasteiger partial charge < -0.3 is 9.64 Å². The molecule has 0 aromatic heterocycles. The van der Waals surface area contributed by atoms with Gasteiger partial charge in [-0.2, -0.15) is 0 Å². The van der Waals surface area contributed by atoms with E-state index in [9.17, 15) is 0 Å². The first-order chi connectivity index (χ1) is 28.4. The molecule has 2 nitrogen and oxygen atoms in total. The van der Waals surface area contributed by atoms with E-state index >= 15 is 0 Å². The topological polar surface area (TPSA) is 12.5 Å². The van der Waals surface area contributed by atoms with Crippen LogP contribution in [-0.2, 0) is 21.7 Å². The van der Waals surface area contributed by atoms with Crippen molar-refractivity contribution in [3.63, 3.8) is 0 Å². The summed E-state index contributed by atoms with van der Waals surface area (Å²) in [7, 11) is 0. The molecule has 59 heavy (non-hydrogen) atoms. The lowest BCUT2D eigenvalue weighted by atomic mass is 9.41. The summed E-state index contributed by atoms with van der Waals surface area (Å²) in [5.74, 6) is 5.09. The summed E-state index contributed by atoms with van der Waals surface area (Å²) in [6.07, 6.45) is 9.10. The Kier molecular flexibility index (Phi) is 7.44. The average Bonchev–Trinajstić information content (AvgIpc) is 3.46. The molecule has 4 saturated carbocycles. The first-order valence-corrected chi connectivity index (χ1v) is 22.6. The van der Waals surface area contributed by atoms with Crippen molar-refractivity contribution < 1.29 is 4.74 Å². The summed E-state index contributed by atoms with van der Waals surface area (Å²) in [4.78, 5) is 2.60. The highest BCUT2D eigenvalue weighted by Crippen LogP contribution is 2.70.